The summed E-state index contributed by atoms with van der Waals surface area (Å²) in [4.78, 5) is 25.1. The summed E-state index contributed by atoms with van der Waals surface area (Å²) in [7, 11) is 0. The number of carboxylic acid groups (broad SMARTS) is 2. The van der Waals surface area contributed by atoms with Crippen LogP contribution in [0.3, 0.4) is 0 Å². The summed E-state index contributed by atoms with van der Waals surface area (Å²) in [6, 6.07) is 8.73. The summed E-state index contributed by atoms with van der Waals surface area (Å²) in [5.74, 6) is -1.10. The fraction of sp³-hybridized carbons (Fsp3) is 0.385. The molecule has 0 saturated carbocycles. The third-order valence-electron chi connectivity index (χ3n) is 3.24. The summed E-state index contributed by atoms with van der Waals surface area (Å²) in [6.45, 7) is 1.62. The molecule has 1 heterocycles. The molecule has 102 valence electrons. The fourth-order valence-electron chi connectivity index (χ4n) is 2.26. The van der Waals surface area contributed by atoms with Crippen LogP contribution in [0.1, 0.15) is 5.56 Å². The van der Waals surface area contributed by atoms with Crippen molar-refractivity contribution in [1.29, 1.82) is 0 Å². The normalized spacial score (nSPS) is 20.2. The van der Waals surface area contributed by atoms with Gasteiger partial charge in [0.15, 0.2) is 0 Å². The second kappa shape index (κ2) is 5.71. The molecule has 0 bridgehead atoms. The van der Waals surface area contributed by atoms with Crippen LogP contribution in [-0.4, -0.2) is 57.8 Å². The van der Waals surface area contributed by atoms with Crippen molar-refractivity contribution in [2.45, 2.75) is 12.6 Å². The van der Waals surface area contributed by atoms with Crippen molar-refractivity contribution in [1.82, 2.24) is 9.80 Å². The van der Waals surface area contributed by atoms with Crippen LogP contribution in [0.5, 0.6) is 0 Å². The Kier molecular flexibility index (Phi) is 4.01. The maximum atomic E-state index is 11.1. The van der Waals surface area contributed by atoms with Gasteiger partial charge in [0, 0.05) is 26.2 Å². The second-order valence-electron chi connectivity index (χ2n) is 4.55. The summed E-state index contributed by atoms with van der Waals surface area (Å²) >= 11 is 0. The molecule has 0 radical (unpaired) electrons. The Bertz CT molecular complexity index is 463. The van der Waals surface area contributed by atoms with Crippen LogP contribution >= 0.6 is 0 Å². The van der Waals surface area contributed by atoms with Crippen LogP contribution in [0.2, 0.25) is 0 Å². The first kappa shape index (κ1) is 13.4. The van der Waals surface area contributed by atoms with Crippen molar-refractivity contribution in [3.63, 3.8) is 0 Å². The Morgan fingerprint density at radius 1 is 1.16 bits per heavy atom. The molecule has 0 aromatic heterocycles. The maximum absolute atomic E-state index is 11.1. The fourth-order valence-corrected chi connectivity index (χ4v) is 2.26. The van der Waals surface area contributed by atoms with Gasteiger partial charge in [-0.15, -0.1) is 0 Å². The molecule has 1 aliphatic rings. The van der Waals surface area contributed by atoms with Crippen molar-refractivity contribution in [3.8, 4) is 0 Å². The number of aliphatic carboxylic acids is 1. The van der Waals surface area contributed by atoms with Crippen LogP contribution in [-0.2, 0) is 11.3 Å². The molecule has 6 nitrogen and oxygen atoms in total. The number of carbonyl (C=O) groups is 2. The van der Waals surface area contributed by atoms with Crippen LogP contribution in [0, 0.1) is 0 Å². The van der Waals surface area contributed by atoms with E-state index in [9.17, 15) is 9.59 Å². The highest BCUT2D eigenvalue weighted by molar-refractivity contribution is 5.79. The number of benzene rings is 1. The Labute approximate surface area is 110 Å². The first-order valence-electron chi connectivity index (χ1n) is 6.06. The zero-order chi connectivity index (χ0) is 13.8. The van der Waals surface area contributed by atoms with Gasteiger partial charge in [-0.25, -0.2) is 9.59 Å². The monoisotopic (exact) mass is 264 g/mol. The van der Waals surface area contributed by atoms with E-state index < -0.39 is 18.1 Å². The third-order valence-corrected chi connectivity index (χ3v) is 3.24. The summed E-state index contributed by atoms with van der Waals surface area (Å²) in [6.07, 6.45) is -1.17. The maximum Gasteiger partial charge on any atom is 0.408 e. The quantitative estimate of drug-likeness (QED) is 0.849. The Morgan fingerprint density at radius 3 is 2.42 bits per heavy atom. The van der Waals surface area contributed by atoms with Crippen molar-refractivity contribution >= 4 is 12.1 Å². The molecule has 6 heteroatoms. The first-order chi connectivity index (χ1) is 9.08. The molecule has 0 spiro atoms. The molecule has 1 aliphatic heterocycles. The van der Waals surface area contributed by atoms with E-state index >= 15 is 0 Å². The summed E-state index contributed by atoms with van der Waals surface area (Å²) in [5, 5.41) is 18.1. The van der Waals surface area contributed by atoms with E-state index in [0.29, 0.717) is 13.1 Å². The van der Waals surface area contributed by atoms with Crippen molar-refractivity contribution < 1.29 is 19.8 Å². The van der Waals surface area contributed by atoms with Gasteiger partial charge in [0.25, 0.3) is 0 Å². The van der Waals surface area contributed by atoms with E-state index in [-0.39, 0.29) is 13.1 Å². The number of nitrogens with zero attached hydrogens (tertiary/aromatic N) is 2. The largest absolute Gasteiger partial charge is 0.480 e. The van der Waals surface area contributed by atoms with Crippen molar-refractivity contribution in [2.24, 2.45) is 0 Å². The molecule has 2 N–H and O–H groups in total. The molecule has 2 rings (SSSR count). The smallest absolute Gasteiger partial charge is 0.408 e. The molecule has 1 saturated heterocycles. The summed E-state index contributed by atoms with van der Waals surface area (Å²) < 4.78 is 0. The zero-order valence-corrected chi connectivity index (χ0v) is 10.4. The molecule has 19 heavy (non-hydrogen) atoms. The number of hydrogen-bond donors (Lipinski definition) is 2. The van der Waals surface area contributed by atoms with E-state index in [4.69, 9.17) is 10.2 Å². The molecule has 1 unspecified atom stereocenters. The van der Waals surface area contributed by atoms with Crippen LogP contribution in [0.25, 0.3) is 0 Å². The highest BCUT2D eigenvalue weighted by atomic mass is 16.4. The van der Waals surface area contributed by atoms with Gasteiger partial charge in [-0.2, -0.15) is 0 Å². The highest BCUT2D eigenvalue weighted by Gasteiger charge is 2.35. The van der Waals surface area contributed by atoms with E-state index in [1.165, 1.54) is 0 Å². The lowest BCUT2D eigenvalue weighted by Gasteiger charge is -2.37. The minimum absolute atomic E-state index is 0.219. The molecule has 1 fully saturated rings. The average molecular weight is 264 g/mol. The van der Waals surface area contributed by atoms with Crippen LogP contribution in [0.15, 0.2) is 30.3 Å². The lowest BCUT2D eigenvalue weighted by Crippen LogP contribution is -2.57. The molecule has 1 aromatic carbocycles. The zero-order valence-electron chi connectivity index (χ0n) is 10.4. The number of amides is 1. The second-order valence-corrected chi connectivity index (χ2v) is 4.55. The van der Waals surface area contributed by atoms with Gasteiger partial charge in [-0.1, -0.05) is 30.3 Å². The van der Waals surface area contributed by atoms with Crippen LogP contribution in [0.4, 0.5) is 4.79 Å². The Morgan fingerprint density at radius 2 is 1.84 bits per heavy atom. The third kappa shape index (κ3) is 3.23. The van der Waals surface area contributed by atoms with Gasteiger partial charge in [0.2, 0.25) is 0 Å². The number of rotatable bonds is 3. The van der Waals surface area contributed by atoms with Gasteiger partial charge in [-0.05, 0) is 5.56 Å². The molecular formula is C13H16N2O4. The SMILES string of the molecule is O=C(O)C1CN(Cc2ccccc2)CCN1C(=O)O. The van der Waals surface area contributed by atoms with Gasteiger partial charge >= 0.3 is 12.1 Å². The van der Waals surface area contributed by atoms with E-state index in [0.717, 1.165) is 10.5 Å². The molecule has 1 aromatic rings. The van der Waals surface area contributed by atoms with Crippen molar-refractivity contribution in [3.05, 3.63) is 35.9 Å². The van der Waals surface area contributed by atoms with E-state index in [1.54, 1.807) is 0 Å². The number of hydrogen-bond acceptors (Lipinski definition) is 3. The van der Waals surface area contributed by atoms with Gasteiger partial charge in [-0.3, -0.25) is 9.80 Å². The standard InChI is InChI=1S/C13H16N2O4/c16-12(17)11-9-14(6-7-15(11)13(18)19)8-10-4-2-1-3-5-10/h1-5,11H,6-9H2,(H,16,17)(H,18,19). The average Bonchev–Trinajstić information content (AvgIpc) is 2.39. The molecule has 1 atom stereocenters. The van der Waals surface area contributed by atoms with E-state index in [1.807, 2.05) is 35.2 Å². The number of piperazine rings is 1. The lowest BCUT2D eigenvalue weighted by molar-refractivity contribution is -0.145. The van der Waals surface area contributed by atoms with Crippen molar-refractivity contribution in [2.75, 3.05) is 19.6 Å². The predicted molar refractivity (Wildman–Crippen MR) is 67.9 cm³/mol. The molecule has 1 amide bonds. The highest BCUT2D eigenvalue weighted by Crippen LogP contribution is 2.13. The molecule has 0 aliphatic carbocycles. The van der Waals surface area contributed by atoms with Gasteiger partial charge in [0.05, 0.1) is 0 Å². The molecular weight excluding hydrogens is 248 g/mol. The Hall–Kier alpha value is -2.08. The number of carboxylic acids is 1. The Balaban J connectivity index is 2.03. The van der Waals surface area contributed by atoms with Gasteiger partial charge < -0.3 is 10.2 Å². The summed E-state index contributed by atoms with van der Waals surface area (Å²) in [5.41, 5.74) is 1.09. The minimum Gasteiger partial charge on any atom is -0.480 e. The van der Waals surface area contributed by atoms with Crippen LogP contribution < -0.4 is 0 Å². The minimum atomic E-state index is -1.17. The van der Waals surface area contributed by atoms with E-state index in [2.05, 4.69) is 0 Å². The topological polar surface area (TPSA) is 81.1 Å². The first-order valence-corrected chi connectivity index (χ1v) is 6.06. The van der Waals surface area contributed by atoms with Gasteiger partial charge in [0.1, 0.15) is 6.04 Å². The lowest BCUT2D eigenvalue weighted by atomic mass is 10.1. The predicted octanol–water partition coefficient (Wildman–Crippen LogP) is 0.935.